The number of nitrogens with zero attached hydrogens (tertiary/aromatic N) is 2. The predicted octanol–water partition coefficient (Wildman–Crippen LogP) is 4.52. The van der Waals surface area contributed by atoms with Gasteiger partial charge in [-0.3, -0.25) is 0 Å². The largest absolute Gasteiger partial charge is 0.150 e. The lowest BCUT2D eigenvalue weighted by molar-refractivity contribution is -0.273. The molecule has 0 spiro atoms. The molecule has 1 aliphatic rings. The molecule has 3 atom stereocenters. The van der Waals surface area contributed by atoms with Crippen LogP contribution in [-0.2, 0) is 0 Å². The van der Waals surface area contributed by atoms with E-state index in [4.69, 9.17) is 0 Å². The summed E-state index contributed by atoms with van der Waals surface area (Å²) < 4.78 is 0. The molecular formula is C14H26N2O2. The van der Waals surface area contributed by atoms with Crippen molar-refractivity contribution in [2.75, 3.05) is 0 Å². The lowest BCUT2D eigenvalue weighted by Crippen LogP contribution is -2.82. The maximum Gasteiger partial charge on any atom is 0.114 e. The maximum absolute atomic E-state index is 11.5. The fraction of sp³-hybridized carbons (Fsp3) is 1.00. The van der Waals surface area contributed by atoms with Gasteiger partial charge >= 0.3 is 0 Å². The van der Waals surface area contributed by atoms with Gasteiger partial charge in [-0.05, 0) is 31.1 Å². The van der Waals surface area contributed by atoms with E-state index in [0.29, 0.717) is 6.42 Å². The van der Waals surface area contributed by atoms with E-state index >= 15 is 0 Å². The summed E-state index contributed by atoms with van der Waals surface area (Å²) in [5.41, 5.74) is -2.58. The summed E-state index contributed by atoms with van der Waals surface area (Å²) >= 11 is 0. The van der Waals surface area contributed by atoms with Gasteiger partial charge in [-0.25, -0.2) is 0 Å². The van der Waals surface area contributed by atoms with Gasteiger partial charge < -0.3 is 0 Å². The molecule has 0 bridgehead atoms. The molecular weight excluding hydrogens is 228 g/mol. The van der Waals surface area contributed by atoms with E-state index in [1.165, 1.54) is 0 Å². The molecule has 0 aromatic rings. The minimum atomic E-state index is -0.790. The van der Waals surface area contributed by atoms with Gasteiger partial charge in [0, 0.05) is 5.41 Å². The minimum Gasteiger partial charge on any atom is -0.150 e. The lowest BCUT2D eigenvalue weighted by atomic mass is 9.26. The van der Waals surface area contributed by atoms with Crippen LogP contribution in [0.5, 0.6) is 0 Å². The highest BCUT2D eigenvalue weighted by Gasteiger charge is 2.82. The van der Waals surface area contributed by atoms with Crippen molar-refractivity contribution < 1.29 is 0 Å². The Morgan fingerprint density at radius 1 is 0.944 bits per heavy atom. The van der Waals surface area contributed by atoms with Crippen molar-refractivity contribution in [2.45, 2.75) is 72.9 Å². The zero-order chi connectivity index (χ0) is 14.6. The average Bonchev–Trinajstić information content (AvgIpc) is 2.34. The highest BCUT2D eigenvalue weighted by molar-refractivity contribution is 5.33. The maximum atomic E-state index is 11.5. The third kappa shape index (κ3) is 1.08. The van der Waals surface area contributed by atoms with Crippen molar-refractivity contribution in [1.82, 2.24) is 0 Å². The van der Waals surface area contributed by atoms with Crippen molar-refractivity contribution in [3.8, 4) is 0 Å². The van der Waals surface area contributed by atoms with Crippen molar-refractivity contribution >= 4 is 0 Å². The third-order valence-corrected chi connectivity index (χ3v) is 7.15. The van der Waals surface area contributed by atoms with Gasteiger partial charge in [0.25, 0.3) is 0 Å². The molecule has 0 amide bonds. The number of hydrogen-bond donors (Lipinski definition) is 0. The Balaban J connectivity index is 3.56. The molecule has 1 fully saturated rings. The molecule has 0 aromatic carbocycles. The van der Waals surface area contributed by atoms with Crippen LogP contribution in [-0.4, -0.2) is 11.1 Å². The topological polar surface area (TPSA) is 58.9 Å². The Bertz CT molecular complexity index is 391. The molecule has 1 rings (SSSR count). The van der Waals surface area contributed by atoms with Crippen molar-refractivity contribution in [2.24, 2.45) is 26.6 Å². The van der Waals surface area contributed by atoms with E-state index in [-0.39, 0.29) is 10.8 Å². The van der Waals surface area contributed by atoms with Crippen molar-refractivity contribution in [3.63, 3.8) is 0 Å². The van der Waals surface area contributed by atoms with Gasteiger partial charge in [0.1, 0.15) is 11.1 Å². The van der Waals surface area contributed by atoms with E-state index < -0.39 is 16.5 Å². The quantitative estimate of drug-likeness (QED) is 0.692. The van der Waals surface area contributed by atoms with Gasteiger partial charge in [-0.2, -0.15) is 9.81 Å². The fourth-order valence-electron chi connectivity index (χ4n) is 4.32. The Hall–Kier alpha value is -0.800. The zero-order valence-electron chi connectivity index (χ0n) is 12.9. The van der Waals surface area contributed by atoms with Crippen LogP contribution in [0.15, 0.2) is 10.4 Å². The second kappa shape index (κ2) is 3.61. The van der Waals surface area contributed by atoms with Crippen LogP contribution in [0.25, 0.3) is 0 Å². The molecule has 0 radical (unpaired) electrons. The smallest absolute Gasteiger partial charge is 0.114 e. The van der Waals surface area contributed by atoms with E-state index in [2.05, 4.69) is 38.0 Å². The van der Waals surface area contributed by atoms with Crippen LogP contribution >= 0.6 is 0 Å². The Morgan fingerprint density at radius 3 is 1.67 bits per heavy atom. The van der Waals surface area contributed by atoms with Crippen LogP contribution in [0.3, 0.4) is 0 Å². The summed E-state index contributed by atoms with van der Waals surface area (Å²) in [5.74, 6) is 0. The van der Waals surface area contributed by atoms with Crippen LogP contribution in [0, 0.1) is 26.1 Å². The number of rotatable bonds is 4. The molecule has 104 valence electrons. The highest BCUT2D eigenvalue weighted by Crippen LogP contribution is 2.78. The van der Waals surface area contributed by atoms with Crippen LogP contribution in [0.2, 0.25) is 0 Å². The van der Waals surface area contributed by atoms with Gasteiger partial charge in [-0.1, -0.05) is 51.9 Å². The standard InChI is InChI=1S/C14H26N2O2/c1-9-12(6,15-17)13(7)10(2,3)11(4,5)14(13,8)16-18/h9H2,1-8H3. The predicted molar refractivity (Wildman–Crippen MR) is 74.4 cm³/mol. The molecule has 0 heterocycles. The van der Waals surface area contributed by atoms with E-state index in [1.54, 1.807) is 0 Å². The summed E-state index contributed by atoms with van der Waals surface area (Å²) in [4.78, 5) is 22.9. The van der Waals surface area contributed by atoms with Gasteiger partial charge in [0.15, 0.2) is 0 Å². The normalized spacial score (nSPS) is 40.4. The first-order valence-corrected chi connectivity index (χ1v) is 6.62. The van der Waals surface area contributed by atoms with Gasteiger partial charge in [0.2, 0.25) is 0 Å². The Labute approximate surface area is 110 Å². The number of hydrogen-bond acceptors (Lipinski definition) is 4. The summed E-state index contributed by atoms with van der Waals surface area (Å²) in [6, 6.07) is 0. The third-order valence-electron chi connectivity index (χ3n) is 7.15. The summed E-state index contributed by atoms with van der Waals surface area (Å²) in [6.45, 7) is 16.0. The second-order valence-corrected chi connectivity index (χ2v) is 7.26. The van der Waals surface area contributed by atoms with Gasteiger partial charge in [-0.15, -0.1) is 0 Å². The van der Waals surface area contributed by atoms with E-state index in [1.807, 2.05) is 27.7 Å². The van der Waals surface area contributed by atoms with E-state index in [9.17, 15) is 9.81 Å². The Kier molecular flexibility index (Phi) is 3.06. The first kappa shape index (κ1) is 15.3. The zero-order valence-corrected chi connectivity index (χ0v) is 12.9. The molecule has 1 saturated carbocycles. The van der Waals surface area contributed by atoms with Gasteiger partial charge in [0.05, 0.1) is 0 Å². The minimum absolute atomic E-state index is 0.193. The SMILES string of the molecule is CCC(C)(N=O)C1(C)C(C)(C)C(C)(C)C1(C)N=O. The highest BCUT2D eigenvalue weighted by atomic mass is 16.3. The molecule has 4 nitrogen and oxygen atoms in total. The second-order valence-electron chi connectivity index (χ2n) is 7.26. The summed E-state index contributed by atoms with van der Waals surface area (Å²) in [7, 11) is 0. The number of nitroso groups, excluding NO2 is 2. The molecule has 18 heavy (non-hydrogen) atoms. The average molecular weight is 254 g/mol. The molecule has 0 aromatic heterocycles. The molecule has 0 saturated heterocycles. The summed E-state index contributed by atoms with van der Waals surface area (Å²) in [6.07, 6.45) is 0.609. The van der Waals surface area contributed by atoms with Crippen LogP contribution in [0.4, 0.5) is 0 Å². The van der Waals surface area contributed by atoms with E-state index in [0.717, 1.165) is 0 Å². The first-order valence-electron chi connectivity index (χ1n) is 6.62. The monoisotopic (exact) mass is 254 g/mol. The Morgan fingerprint density at radius 2 is 1.39 bits per heavy atom. The van der Waals surface area contributed by atoms with Crippen molar-refractivity contribution in [3.05, 3.63) is 9.81 Å². The molecule has 4 heteroatoms. The van der Waals surface area contributed by atoms with Crippen LogP contribution < -0.4 is 0 Å². The molecule has 1 aliphatic carbocycles. The fourth-order valence-corrected chi connectivity index (χ4v) is 4.32. The lowest BCUT2D eigenvalue weighted by Gasteiger charge is -2.77. The van der Waals surface area contributed by atoms with Crippen LogP contribution in [0.1, 0.15) is 61.8 Å². The molecule has 3 unspecified atom stereocenters. The molecule has 0 N–H and O–H groups in total. The summed E-state index contributed by atoms with van der Waals surface area (Å²) in [5, 5.41) is 6.83. The first-order chi connectivity index (χ1) is 7.93. The molecule has 0 aliphatic heterocycles. The van der Waals surface area contributed by atoms with Crippen molar-refractivity contribution in [1.29, 1.82) is 0 Å².